The summed E-state index contributed by atoms with van der Waals surface area (Å²) in [5.74, 6) is -0.348. The number of nitrogens with two attached hydrogens (primary N) is 1. The van der Waals surface area contributed by atoms with E-state index in [2.05, 4.69) is 0 Å². The van der Waals surface area contributed by atoms with Gasteiger partial charge in [-0.1, -0.05) is 23.7 Å². The molecule has 5 nitrogen and oxygen atoms in total. The van der Waals surface area contributed by atoms with Crippen molar-refractivity contribution in [2.75, 3.05) is 18.5 Å². The van der Waals surface area contributed by atoms with Crippen LogP contribution in [-0.2, 0) is 9.59 Å². The van der Waals surface area contributed by atoms with E-state index < -0.39 is 12.1 Å². The minimum Gasteiger partial charge on any atom is -0.332 e. The number of para-hydroxylation sites is 1. The number of rotatable bonds is 3. The molecule has 1 heterocycles. The predicted octanol–water partition coefficient (Wildman–Crippen LogP) is 1.25. The standard InChI is InChI=1S/C14H18ClN3O2/c1-9(16)13(19)17(2)12-7-8-18(14(12)20)11-6-4-3-5-10(11)15/h3-6,9,12H,7-8,16H2,1-2H3/t9-,12?/m0/s1. The minimum atomic E-state index is -0.609. The molecule has 2 N–H and O–H groups in total. The maximum Gasteiger partial charge on any atom is 0.249 e. The molecule has 2 atom stereocenters. The quantitative estimate of drug-likeness (QED) is 0.912. The smallest absolute Gasteiger partial charge is 0.249 e. The van der Waals surface area contributed by atoms with Crippen LogP contribution in [0.1, 0.15) is 13.3 Å². The highest BCUT2D eigenvalue weighted by Crippen LogP contribution is 2.30. The van der Waals surface area contributed by atoms with Gasteiger partial charge < -0.3 is 15.5 Å². The Kier molecular flexibility index (Phi) is 4.30. The van der Waals surface area contributed by atoms with E-state index in [4.69, 9.17) is 17.3 Å². The van der Waals surface area contributed by atoms with Crippen LogP contribution in [0.5, 0.6) is 0 Å². The van der Waals surface area contributed by atoms with Crippen molar-refractivity contribution in [1.82, 2.24) is 4.90 Å². The number of carbonyl (C=O) groups excluding carboxylic acids is 2. The van der Waals surface area contributed by atoms with Gasteiger partial charge in [0.05, 0.1) is 16.8 Å². The largest absolute Gasteiger partial charge is 0.332 e. The Morgan fingerprint density at radius 1 is 1.50 bits per heavy atom. The van der Waals surface area contributed by atoms with Crippen molar-refractivity contribution in [2.24, 2.45) is 5.73 Å². The second kappa shape index (κ2) is 5.81. The molecule has 6 heteroatoms. The third-order valence-corrected chi connectivity index (χ3v) is 3.84. The second-order valence-corrected chi connectivity index (χ2v) is 5.39. The zero-order valence-electron chi connectivity index (χ0n) is 11.5. The lowest BCUT2D eigenvalue weighted by Gasteiger charge is -2.25. The van der Waals surface area contributed by atoms with Gasteiger partial charge in [0.25, 0.3) is 0 Å². The zero-order valence-corrected chi connectivity index (χ0v) is 12.3. The summed E-state index contributed by atoms with van der Waals surface area (Å²) in [5, 5.41) is 0.530. The van der Waals surface area contributed by atoms with Crippen molar-refractivity contribution >= 4 is 29.1 Å². The SMILES string of the molecule is C[C@H](N)C(=O)N(C)C1CCN(c2ccccc2Cl)C1=O. The number of carbonyl (C=O) groups is 2. The van der Waals surface area contributed by atoms with E-state index in [9.17, 15) is 9.59 Å². The summed E-state index contributed by atoms with van der Waals surface area (Å²) in [7, 11) is 1.62. The molecular weight excluding hydrogens is 278 g/mol. The Balaban J connectivity index is 2.18. The summed E-state index contributed by atoms with van der Waals surface area (Å²) in [6.07, 6.45) is 0.582. The van der Waals surface area contributed by atoms with Crippen molar-refractivity contribution in [2.45, 2.75) is 25.4 Å². The molecule has 20 heavy (non-hydrogen) atoms. The highest BCUT2D eigenvalue weighted by molar-refractivity contribution is 6.34. The number of hydrogen-bond acceptors (Lipinski definition) is 3. The Labute approximate surface area is 123 Å². The van der Waals surface area contributed by atoms with Gasteiger partial charge in [-0.2, -0.15) is 0 Å². The van der Waals surface area contributed by atoms with Crippen LogP contribution in [0.15, 0.2) is 24.3 Å². The highest BCUT2D eigenvalue weighted by Gasteiger charge is 2.38. The average Bonchev–Trinajstić information content (AvgIpc) is 2.79. The Bertz CT molecular complexity index is 533. The summed E-state index contributed by atoms with van der Waals surface area (Å²) in [6, 6.07) is 6.12. The van der Waals surface area contributed by atoms with E-state index in [1.807, 2.05) is 12.1 Å². The molecule has 108 valence electrons. The van der Waals surface area contributed by atoms with E-state index >= 15 is 0 Å². The van der Waals surface area contributed by atoms with Crippen molar-refractivity contribution in [3.05, 3.63) is 29.3 Å². The number of amides is 2. The molecule has 1 aliphatic rings. The molecule has 2 rings (SSSR count). The summed E-state index contributed by atoms with van der Waals surface area (Å²) < 4.78 is 0. The molecule has 0 saturated carbocycles. The Hall–Kier alpha value is -1.59. The summed E-state index contributed by atoms with van der Waals surface area (Å²) >= 11 is 6.12. The first kappa shape index (κ1) is 14.8. The number of anilines is 1. The van der Waals surface area contributed by atoms with Crippen LogP contribution in [0, 0.1) is 0 Å². The molecule has 1 aromatic carbocycles. The Morgan fingerprint density at radius 2 is 2.15 bits per heavy atom. The lowest BCUT2D eigenvalue weighted by atomic mass is 10.2. The molecule has 1 unspecified atom stereocenters. The van der Waals surface area contributed by atoms with E-state index in [0.717, 1.165) is 0 Å². The van der Waals surface area contributed by atoms with Gasteiger partial charge in [-0.3, -0.25) is 9.59 Å². The molecule has 0 aliphatic carbocycles. The van der Waals surface area contributed by atoms with Crippen LogP contribution >= 0.6 is 11.6 Å². The van der Waals surface area contributed by atoms with Gasteiger partial charge in [0, 0.05) is 13.6 Å². The lowest BCUT2D eigenvalue weighted by molar-refractivity contribution is -0.137. The van der Waals surface area contributed by atoms with E-state index in [1.54, 1.807) is 31.0 Å². The lowest BCUT2D eigenvalue weighted by Crippen LogP contribution is -2.48. The topological polar surface area (TPSA) is 66.6 Å². The first-order valence-corrected chi connectivity index (χ1v) is 6.89. The molecule has 1 saturated heterocycles. The van der Waals surface area contributed by atoms with Crippen LogP contribution in [-0.4, -0.2) is 42.4 Å². The van der Waals surface area contributed by atoms with Crippen molar-refractivity contribution in [3.8, 4) is 0 Å². The first-order chi connectivity index (χ1) is 9.43. The maximum atomic E-state index is 12.5. The molecule has 0 bridgehead atoms. The summed E-state index contributed by atoms with van der Waals surface area (Å²) in [6.45, 7) is 2.16. The normalized spacial score (nSPS) is 20.1. The Morgan fingerprint density at radius 3 is 2.75 bits per heavy atom. The van der Waals surface area contributed by atoms with Gasteiger partial charge in [0.2, 0.25) is 11.8 Å². The number of benzene rings is 1. The molecule has 1 aliphatic heterocycles. The number of likely N-dealkylation sites (N-methyl/N-ethyl adjacent to an activating group) is 1. The van der Waals surface area contributed by atoms with E-state index in [-0.39, 0.29) is 11.8 Å². The predicted molar refractivity (Wildman–Crippen MR) is 78.6 cm³/mol. The van der Waals surface area contributed by atoms with Crippen LogP contribution < -0.4 is 10.6 Å². The number of hydrogen-bond donors (Lipinski definition) is 1. The number of nitrogens with zero attached hydrogens (tertiary/aromatic N) is 2. The third-order valence-electron chi connectivity index (χ3n) is 3.53. The molecule has 1 aromatic rings. The molecule has 1 fully saturated rings. The third kappa shape index (κ3) is 2.64. The molecule has 0 aromatic heterocycles. The van der Waals surface area contributed by atoms with Gasteiger partial charge in [-0.25, -0.2) is 0 Å². The van der Waals surface area contributed by atoms with Gasteiger partial charge in [-0.05, 0) is 25.5 Å². The highest BCUT2D eigenvalue weighted by atomic mass is 35.5. The van der Waals surface area contributed by atoms with E-state index in [1.165, 1.54) is 4.90 Å². The van der Waals surface area contributed by atoms with Crippen LogP contribution in [0.4, 0.5) is 5.69 Å². The van der Waals surface area contributed by atoms with Crippen LogP contribution in [0.25, 0.3) is 0 Å². The average molecular weight is 296 g/mol. The monoisotopic (exact) mass is 295 g/mol. The maximum absolute atomic E-state index is 12.5. The van der Waals surface area contributed by atoms with Crippen LogP contribution in [0.3, 0.4) is 0 Å². The van der Waals surface area contributed by atoms with Gasteiger partial charge in [0.15, 0.2) is 0 Å². The van der Waals surface area contributed by atoms with Crippen LogP contribution in [0.2, 0.25) is 5.02 Å². The molecule has 0 radical (unpaired) electrons. The molecule has 0 spiro atoms. The molecule has 2 amide bonds. The van der Waals surface area contributed by atoms with Gasteiger partial charge >= 0.3 is 0 Å². The van der Waals surface area contributed by atoms with E-state index in [0.29, 0.717) is 23.7 Å². The van der Waals surface area contributed by atoms with Crippen molar-refractivity contribution in [3.63, 3.8) is 0 Å². The zero-order chi connectivity index (χ0) is 14.9. The number of halogens is 1. The second-order valence-electron chi connectivity index (χ2n) is 4.98. The van der Waals surface area contributed by atoms with Crippen molar-refractivity contribution in [1.29, 1.82) is 0 Å². The summed E-state index contributed by atoms with van der Waals surface area (Å²) in [4.78, 5) is 27.4. The fourth-order valence-corrected chi connectivity index (χ4v) is 2.65. The summed E-state index contributed by atoms with van der Waals surface area (Å²) in [5.41, 5.74) is 6.27. The first-order valence-electron chi connectivity index (χ1n) is 6.51. The van der Waals surface area contributed by atoms with Gasteiger partial charge in [0.1, 0.15) is 6.04 Å². The van der Waals surface area contributed by atoms with Gasteiger partial charge in [-0.15, -0.1) is 0 Å². The van der Waals surface area contributed by atoms with Crippen molar-refractivity contribution < 1.29 is 9.59 Å². The molecular formula is C14H18ClN3O2. The minimum absolute atomic E-state index is 0.116. The fourth-order valence-electron chi connectivity index (χ4n) is 2.41. The fraction of sp³-hybridized carbons (Fsp3) is 0.429.